The number of nitrogens with one attached hydrogen (secondary N) is 1. The lowest BCUT2D eigenvalue weighted by Gasteiger charge is -2.38. The fourth-order valence-electron chi connectivity index (χ4n) is 4.45. The molecule has 0 atom stereocenters. The minimum absolute atomic E-state index is 0.308. The van der Waals surface area contributed by atoms with Crippen molar-refractivity contribution in [3.63, 3.8) is 0 Å². The summed E-state index contributed by atoms with van der Waals surface area (Å²) in [4.78, 5) is 29.1. The van der Waals surface area contributed by atoms with Gasteiger partial charge in [0.1, 0.15) is 5.97 Å². The summed E-state index contributed by atoms with van der Waals surface area (Å²) in [5.74, 6) is -2.38. The molecule has 1 fully saturated rings. The third kappa shape index (κ3) is 14.8. The Morgan fingerprint density at radius 2 is 1.58 bits per heavy atom. The van der Waals surface area contributed by atoms with Crippen molar-refractivity contribution in [2.75, 3.05) is 32.7 Å². The molecule has 0 aliphatic carbocycles. The Kier molecular flexibility index (Phi) is 16.1. The molecule has 8 nitrogen and oxygen atoms in total. The van der Waals surface area contributed by atoms with Crippen LogP contribution < -0.4 is 21.6 Å². The van der Waals surface area contributed by atoms with Crippen LogP contribution in [-0.2, 0) is 16.0 Å². The Hall–Kier alpha value is -2.82. The molecule has 0 aromatic heterocycles. The molecule has 1 saturated heterocycles. The number of amides is 1. The van der Waals surface area contributed by atoms with Crippen molar-refractivity contribution in [3.8, 4) is 0 Å². The minimum atomic E-state index is -5.19. The van der Waals surface area contributed by atoms with Crippen LogP contribution in [0.15, 0.2) is 30.3 Å². The zero-order valence-electron chi connectivity index (χ0n) is 22.5. The van der Waals surface area contributed by atoms with Gasteiger partial charge in [-0.25, -0.2) is 0 Å². The zero-order valence-corrected chi connectivity index (χ0v) is 22.5. The van der Waals surface area contributed by atoms with Gasteiger partial charge in [0.2, 0.25) is 5.91 Å². The number of piperidine rings is 1. The lowest BCUT2D eigenvalue weighted by molar-refractivity contribution is -0.459. The van der Waals surface area contributed by atoms with E-state index in [0.717, 1.165) is 64.8 Å². The Bertz CT molecular complexity index is 825. The number of rotatable bonds is 14. The van der Waals surface area contributed by atoms with Crippen molar-refractivity contribution < 1.29 is 32.9 Å². The van der Waals surface area contributed by atoms with Gasteiger partial charge < -0.3 is 19.7 Å². The fourth-order valence-corrected chi connectivity index (χ4v) is 4.45. The predicted octanol–water partition coefficient (Wildman–Crippen LogP) is 0.925. The predicted molar refractivity (Wildman–Crippen MR) is 140 cm³/mol. The molecule has 0 radical (unpaired) electrons. The van der Waals surface area contributed by atoms with Crippen molar-refractivity contribution in [2.24, 2.45) is 11.5 Å². The molecule has 38 heavy (non-hydrogen) atoms. The number of hydrogen-bond acceptors (Lipinski definition) is 4. The van der Waals surface area contributed by atoms with E-state index in [-0.39, 0.29) is 0 Å². The topological polar surface area (TPSA) is 130 Å². The van der Waals surface area contributed by atoms with Crippen molar-refractivity contribution in [2.45, 2.75) is 83.4 Å². The molecule has 2 rings (SSSR count). The van der Waals surface area contributed by atoms with Crippen LogP contribution in [-0.4, -0.2) is 72.6 Å². The second kappa shape index (κ2) is 18.4. The molecule has 1 aliphatic heterocycles. The van der Waals surface area contributed by atoms with E-state index in [1.807, 2.05) is 6.92 Å². The summed E-state index contributed by atoms with van der Waals surface area (Å²) >= 11 is 0. The van der Waals surface area contributed by atoms with Crippen molar-refractivity contribution in [1.82, 2.24) is 9.80 Å². The molecule has 1 aromatic carbocycles. The molecule has 0 spiro atoms. The van der Waals surface area contributed by atoms with Gasteiger partial charge in [-0.15, -0.1) is 0 Å². The first-order valence-electron chi connectivity index (χ1n) is 13.5. The average molecular weight is 544 g/mol. The van der Waals surface area contributed by atoms with Gasteiger partial charge >= 0.3 is 12.1 Å². The number of halogens is 3. The highest BCUT2D eigenvalue weighted by Gasteiger charge is 2.29. The Labute approximate surface area is 224 Å². The molecular weight excluding hydrogens is 499 g/mol. The lowest BCUT2D eigenvalue weighted by atomic mass is 10.0. The van der Waals surface area contributed by atoms with Crippen molar-refractivity contribution >= 4 is 17.8 Å². The first kappa shape index (κ1) is 33.2. The Balaban J connectivity index is 0.000000905. The number of carbonyl (C=O) groups is 2. The Morgan fingerprint density at radius 1 is 1.03 bits per heavy atom. The number of carboxylic acids is 1. The number of nitrogens with two attached hydrogens (primary N) is 2. The highest BCUT2D eigenvalue weighted by Crippen LogP contribution is 2.19. The maximum atomic E-state index is 12.6. The highest BCUT2D eigenvalue weighted by atomic mass is 19.4. The zero-order chi connectivity index (χ0) is 28.4. The van der Waals surface area contributed by atoms with Crippen LogP contribution in [0.2, 0.25) is 0 Å². The second-order valence-electron chi connectivity index (χ2n) is 9.54. The first-order valence-corrected chi connectivity index (χ1v) is 13.5. The summed E-state index contributed by atoms with van der Waals surface area (Å²) in [6.45, 7) is 7.08. The van der Waals surface area contributed by atoms with E-state index in [1.54, 1.807) is 0 Å². The summed E-state index contributed by atoms with van der Waals surface area (Å²) in [6, 6.07) is 11.1. The molecule has 5 N–H and O–H groups in total. The van der Waals surface area contributed by atoms with Crippen LogP contribution in [0.5, 0.6) is 0 Å². The van der Waals surface area contributed by atoms with Gasteiger partial charge in [0.15, 0.2) is 0 Å². The number of carboxylic acid groups (broad SMARTS) is 1. The first-order chi connectivity index (χ1) is 18.0. The van der Waals surface area contributed by atoms with E-state index in [0.29, 0.717) is 24.3 Å². The van der Waals surface area contributed by atoms with E-state index in [9.17, 15) is 18.0 Å². The third-order valence-corrected chi connectivity index (χ3v) is 6.57. The van der Waals surface area contributed by atoms with E-state index in [4.69, 9.17) is 21.4 Å². The second-order valence-corrected chi connectivity index (χ2v) is 9.54. The van der Waals surface area contributed by atoms with Gasteiger partial charge in [-0.1, -0.05) is 62.9 Å². The maximum Gasteiger partial charge on any atom is 0.430 e. The molecule has 0 bridgehead atoms. The van der Waals surface area contributed by atoms with Crippen LogP contribution in [0.25, 0.3) is 0 Å². The van der Waals surface area contributed by atoms with Crippen LogP contribution in [0.4, 0.5) is 13.2 Å². The standard InChI is InChI=1S/C25H43N5O.C2HF3O2/c1-2-24(31)30(18-11-6-4-3-5-10-17-28-25(26)27)23-15-20-29(21-16-23)19-14-22-12-8-7-9-13-22;3-2(4,5)1(6)7/h7-9,12-13,23H,2-6,10-11,14-21H2,1H3,(H4,26,27,28);(H,6,7). The largest absolute Gasteiger partial charge is 0.542 e. The number of hydrogen-bond donors (Lipinski definition) is 3. The molecule has 1 amide bonds. The minimum Gasteiger partial charge on any atom is -0.542 e. The van der Waals surface area contributed by atoms with Gasteiger partial charge in [0, 0.05) is 38.6 Å². The fraction of sp³-hybridized carbons (Fsp3) is 0.667. The highest BCUT2D eigenvalue weighted by molar-refractivity contribution is 5.76. The van der Waals surface area contributed by atoms with E-state index in [1.165, 1.54) is 31.2 Å². The summed E-state index contributed by atoms with van der Waals surface area (Å²) in [5, 5.41) is 8.78. The number of aliphatic carboxylic acids is 1. The molecule has 216 valence electrons. The number of guanidine groups is 1. The van der Waals surface area contributed by atoms with E-state index >= 15 is 0 Å². The van der Waals surface area contributed by atoms with Gasteiger partial charge in [-0.05, 0) is 37.7 Å². The average Bonchev–Trinajstić information content (AvgIpc) is 2.89. The van der Waals surface area contributed by atoms with Gasteiger partial charge in [-0.3, -0.25) is 21.3 Å². The van der Waals surface area contributed by atoms with Crippen molar-refractivity contribution in [1.29, 1.82) is 0 Å². The number of carbonyl (C=O) groups excluding carboxylic acids is 2. The molecule has 1 aromatic rings. The lowest BCUT2D eigenvalue weighted by Crippen LogP contribution is -2.78. The molecule has 1 heterocycles. The number of likely N-dealkylation sites (tertiary alicyclic amines) is 1. The molecule has 0 saturated carbocycles. The monoisotopic (exact) mass is 543 g/mol. The van der Waals surface area contributed by atoms with Gasteiger partial charge in [0.25, 0.3) is 0 Å². The third-order valence-electron chi connectivity index (χ3n) is 6.57. The molecule has 0 unspecified atom stereocenters. The van der Waals surface area contributed by atoms with Crippen LogP contribution in [0.1, 0.15) is 70.3 Å². The normalized spacial score (nSPS) is 14.3. The Morgan fingerprint density at radius 3 is 2.11 bits per heavy atom. The van der Waals surface area contributed by atoms with Crippen molar-refractivity contribution in [3.05, 3.63) is 35.9 Å². The smallest absolute Gasteiger partial charge is 0.430 e. The van der Waals surface area contributed by atoms with Gasteiger partial charge in [0.05, 0.1) is 6.54 Å². The van der Waals surface area contributed by atoms with E-state index < -0.39 is 12.1 Å². The molecule has 11 heteroatoms. The summed E-state index contributed by atoms with van der Waals surface area (Å²) in [6.07, 6.45) is 5.80. The summed E-state index contributed by atoms with van der Waals surface area (Å²) in [5.41, 5.74) is 12.2. The number of nitrogens with zero attached hydrogens (tertiary/aromatic N) is 2. The number of benzene rings is 1. The SMILES string of the molecule is CCC(=O)N(CCCCCCCC[NH+]=C(N)N)C1CCN(CCc2ccccc2)CC1.O=C([O-])C(F)(F)F. The molecular formula is C27H44F3N5O3. The van der Waals surface area contributed by atoms with Gasteiger partial charge in [-0.2, -0.15) is 13.2 Å². The van der Waals surface area contributed by atoms with Crippen LogP contribution in [0, 0.1) is 0 Å². The molecule has 1 aliphatic rings. The number of alkyl halides is 3. The number of unbranched alkanes of at least 4 members (excludes halogenated alkanes) is 5. The van der Waals surface area contributed by atoms with Crippen LogP contribution >= 0.6 is 0 Å². The summed E-state index contributed by atoms with van der Waals surface area (Å²) in [7, 11) is 0. The van der Waals surface area contributed by atoms with E-state index in [2.05, 4.69) is 45.1 Å². The summed E-state index contributed by atoms with van der Waals surface area (Å²) < 4.78 is 31.5. The van der Waals surface area contributed by atoms with Crippen LogP contribution in [0.3, 0.4) is 0 Å². The quantitative estimate of drug-likeness (QED) is 0.182. The maximum absolute atomic E-state index is 12.6.